The van der Waals surface area contributed by atoms with E-state index in [1.807, 2.05) is 18.8 Å². The van der Waals surface area contributed by atoms with Gasteiger partial charge in [-0.2, -0.15) is 11.8 Å². The number of rotatable bonds is 3. The van der Waals surface area contributed by atoms with Gasteiger partial charge in [-0.3, -0.25) is 4.99 Å². The minimum Gasteiger partial charge on any atom is -0.353 e. The fraction of sp³-hybridized carbons (Fsp3) is 0.500. The molecule has 1 aromatic rings. The maximum Gasteiger partial charge on any atom is 0.191 e. The molecule has 0 bridgehead atoms. The predicted molar refractivity (Wildman–Crippen MR) is 87.8 cm³/mol. The van der Waals surface area contributed by atoms with Crippen molar-refractivity contribution in [3.8, 4) is 0 Å². The smallest absolute Gasteiger partial charge is 0.191 e. The van der Waals surface area contributed by atoms with E-state index in [1.165, 1.54) is 29.9 Å². The summed E-state index contributed by atoms with van der Waals surface area (Å²) in [4.78, 5) is 4.29. The number of nitrogens with zero attached hydrogens (tertiary/aromatic N) is 1. The lowest BCUT2D eigenvalue weighted by molar-refractivity contribution is 0.582. The quantitative estimate of drug-likeness (QED) is 0.655. The van der Waals surface area contributed by atoms with Gasteiger partial charge in [0.05, 0.1) is 0 Å². The van der Waals surface area contributed by atoms with Gasteiger partial charge in [-0.25, -0.2) is 0 Å². The van der Waals surface area contributed by atoms with Crippen molar-refractivity contribution in [3.05, 3.63) is 34.3 Å². The van der Waals surface area contributed by atoms with Gasteiger partial charge in [0.1, 0.15) is 0 Å². The monoisotopic (exact) mass is 341 g/mol. The molecule has 3 nitrogen and oxygen atoms in total. The molecule has 1 unspecified atom stereocenters. The van der Waals surface area contributed by atoms with Crippen molar-refractivity contribution in [1.29, 1.82) is 0 Å². The molecule has 0 aliphatic carbocycles. The highest BCUT2D eigenvalue weighted by Gasteiger charge is 2.14. The van der Waals surface area contributed by atoms with Crippen LogP contribution in [-0.4, -0.2) is 30.6 Å². The van der Waals surface area contributed by atoms with E-state index < -0.39 is 0 Å². The molecule has 0 amide bonds. The molecular weight excluding hydrogens is 322 g/mol. The number of hydrogen-bond donors (Lipinski definition) is 2. The SMILES string of the molecule is CN=C(NCc1ccc(Br)cc1)NC1CCCSC1. The van der Waals surface area contributed by atoms with Crippen LogP contribution in [0.4, 0.5) is 0 Å². The van der Waals surface area contributed by atoms with Gasteiger partial charge in [0.2, 0.25) is 0 Å². The van der Waals surface area contributed by atoms with Gasteiger partial charge in [-0.05, 0) is 36.3 Å². The van der Waals surface area contributed by atoms with Gasteiger partial charge in [0.25, 0.3) is 0 Å². The van der Waals surface area contributed by atoms with Gasteiger partial charge in [-0.1, -0.05) is 28.1 Å². The molecule has 1 fully saturated rings. The first-order chi connectivity index (χ1) is 9.28. The van der Waals surface area contributed by atoms with E-state index in [0.717, 1.165) is 17.0 Å². The maximum atomic E-state index is 4.29. The topological polar surface area (TPSA) is 36.4 Å². The van der Waals surface area contributed by atoms with Crippen molar-refractivity contribution in [2.75, 3.05) is 18.6 Å². The Labute approximate surface area is 127 Å². The van der Waals surface area contributed by atoms with Crippen molar-refractivity contribution < 1.29 is 0 Å². The third-order valence-corrected chi connectivity index (χ3v) is 4.84. The molecular formula is C14H20BrN3S. The Morgan fingerprint density at radius 1 is 1.42 bits per heavy atom. The third-order valence-electron chi connectivity index (χ3n) is 3.10. The standard InChI is InChI=1S/C14H20BrN3S/c1-16-14(18-13-3-2-8-19-10-13)17-9-11-4-6-12(15)7-5-11/h4-7,13H,2-3,8-10H2,1H3,(H2,16,17,18). The summed E-state index contributed by atoms with van der Waals surface area (Å²) in [5.41, 5.74) is 1.25. The van der Waals surface area contributed by atoms with Gasteiger partial charge in [0.15, 0.2) is 5.96 Å². The van der Waals surface area contributed by atoms with Crippen LogP contribution in [0.25, 0.3) is 0 Å². The highest BCUT2D eigenvalue weighted by Crippen LogP contribution is 2.16. The van der Waals surface area contributed by atoms with Crippen molar-refractivity contribution >= 4 is 33.7 Å². The van der Waals surface area contributed by atoms with Crippen LogP contribution in [0.5, 0.6) is 0 Å². The lowest BCUT2D eigenvalue weighted by Crippen LogP contribution is -2.45. The van der Waals surface area contributed by atoms with E-state index in [1.54, 1.807) is 0 Å². The molecule has 1 saturated heterocycles. The molecule has 1 aromatic carbocycles. The van der Waals surface area contributed by atoms with E-state index in [4.69, 9.17) is 0 Å². The summed E-state index contributed by atoms with van der Waals surface area (Å²) in [6.45, 7) is 0.798. The number of benzene rings is 1. The zero-order valence-corrected chi connectivity index (χ0v) is 13.6. The summed E-state index contributed by atoms with van der Waals surface area (Å²) in [7, 11) is 1.83. The minimum absolute atomic E-state index is 0.551. The Kier molecular flexibility index (Phi) is 6.04. The first-order valence-corrected chi connectivity index (χ1v) is 8.52. The summed E-state index contributed by atoms with van der Waals surface area (Å²) in [6.07, 6.45) is 2.54. The van der Waals surface area contributed by atoms with Crippen LogP contribution in [0.1, 0.15) is 18.4 Å². The number of hydrogen-bond acceptors (Lipinski definition) is 2. The highest BCUT2D eigenvalue weighted by atomic mass is 79.9. The van der Waals surface area contributed by atoms with Crippen LogP contribution in [0.2, 0.25) is 0 Å². The van der Waals surface area contributed by atoms with Crippen molar-refractivity contribution in [1.82, 2.24) is 10.6 Å². The Morgan fingerprint density at radius 2 is 2.21 bits per heavy atom. The van der Waals surface area contributed by atoms with Crippen LogP contribution in [0.3, 0.4) is 0 Å². The lowest BCUT2D eigenvalue weighted by Gasteiger charge is -2.24. The molecule has 2 N–H and O–H groups in total. The molecule has 1 aliphatic rings. The summed E-state index contributed by atoms with van der Waals surface area (Å²) in [5, 5.41) is 6.86. The molecule has 104 valence electrons. The molecule has 0 saturated carbocycles. The molecule has 1 heterocycles. The largest absolute Gasteiger partial charge is 0.353 e. The molecule has 0 aromatic heterocycles. The van der Waals surface area contributed by atoms with Gasteiger partial charge < -0.3 is 10.6 Å². The number of guanidine groups is 1. The maximum absolute atomic E-state index is 4.29. The summed E-state index contributed by atoms with van der Waals surface area (Å²) >= 11 is 5.47. The molecule has 1 atom stereocenters. The second kappa shape index (κ2) is 7.80. The molecule has 19 heavy (non-hydrogen) atoms. The third kappa shape index (κ3) is 5.07. The average Bonchev–Trinajstić information content (AvgIpc) is 2.46. The predicted octanol–water partition coefficient (Wildman–Crippen LogP) is 3.01. The Balaban J connectivity index is 1.80. The van der Waals surface area contributed by atoms with E-state index in [0.29, 0.717) is 6.04 Å². The highest BCUT2D eigenvalue weighted by molar-refractivity contribution is 9.10. The summed E-state index contributed by atoms with van der Waals surface area (Å²) in [5.74, 6) is 3.37. The first-order valence-electron chi connectivity index (χ1n) is 6.57. The van der Waals surface area contributed by atoms with E-state index >= 15 is 0 Å². The fourth-order valence-electron chi connectivity index (χ4n) is 2.03. The number of nitrogens with one attached hydrogen (secondary N) is 2. The lowest BCUT2D eigenvalue weighted by atomic mass is 10.2. The number of aliphatic imine (C=N–C) groups is 1. The molecule has 1 aliphatic heterocycles. The number of halogens is 1. The fourth-order valence-corrected chi connectivity index (χ4v) is 3.37. The van der Waals surface area contributed by atoms with Gasteiger partial charge >= 0.3 is 0 Å². The average molecular weight is 342 g/mol. The van der Waals surface area contributed by atoms with Crippen LogP contribution in [0.15, 0.2) is 33.7 Å². The Bertz CT molecular complexity index is 413. The van der Waals surface area contributed by atoms with E-state index in [9.17, 15) is 0 Å². The summed E-state index contributed by atoms with van der Waals surface area (Å²) in [6, 6.07) is 8.90. The molecule has 0 radical (unpaired) electrons. The molecule has 0 spiro atoms. The van der Waals surface area contributed by atoms with E-state index in [2.05, 4.69) is 55.8 Å². The number of thioether (sulfide) groups is 1. The van der Waals surface area contributed by atoms with Crippen LogP contribution < -0.4 is 10.6 Å². The first kappa shape index (κ1) is 14.7. The van der Waals surface area contributed by atoms with E-state index in [-0.39, 0.29) is 0 Å². The Hall–Kier alpha value is -0.680. The molecule has 2 rings (SSSR count). The van der Waals surface area contributed by atoms with Gasteiger partial charge in [0, 0.05) is 29.9 Å². The molecule has 5 heteroatoms. The normalized spacial score (nSPS) is 20.1. The van der Waals surface area contributed by atoms with Crippen molar-refractivity contribution in [2.24, 2.45) is 4.99 Å². The zero-order valence-electron chi connectivity index (χ0n) is 11.2. The van der Waals surface area contributed by atoms with Crippen LogP contribution in [0, 0.1) is 0 Å². The second-order valence-electron chi connectivity index (χ2n) is 4.61. The van der Waals surface area contributed by atoms with Crippen molar-refractivity contribution in [2.45, 2.75) is 25.4 Å². The Morgan fingerprint density at radius 3 is 2.84 bits per heavy atom. The van der Waals surface area contributed by atoms with Gasteiger partial charge in [-0.15, -0.1) is 0 Å². The minimum atomic E-state index is 0.551. The zero-order chi connectivity index (χ0) is 13.5. The van der Waals surface area contributed by atoms with Crippen LogP contribution >= 0.6 is 27.7 Å². The summed E-state index contributed by atoms with van der Waals surface area (Å²) < 4.78 is 1.11. The second-order valence-corrected chi connectivity index (χ2v) is 6.68. The van der Waals surface area contributed by atoms with Crippen LogP contribution in [-0.2, 0) is 6.54 Å². The van der Waals surface area contributed by atoms with Crippen molar-refractivity contribution in [3.63, 3.8) is 0 Å².